The molecule has 1 heteroatoms. The summed E-state index contributed by atoms with van der Waals surface area (Å²) < 4.78 is 1.19. The van der Waals surface area contributed by atoms with E-state index in [1.54, 1.807) is 0 Å². The van der Waals surface area contributed by atoms with E-state index in [4.69, 9.17) is 0 Å². The molecule has 0 spiro atoms. The summed E-state index contributed by atoms with van der Waals surface area (Å²) in [5, 5.41) is 0. The zero-order valence-electron chi connectivity index (χ0n) is 13.6. The average molecular weight is 283 g/mol. The average Bonchev–Trinajstić information content (AvgIpc) is 2.44. The summed E-state index contributed by atoms with van der Waals surface area (Å²) in [6, 6.07) is 0. The maximum absolute atomic E-state index is 2.53. The van der Waals surface area contributed by atoms with Gasteiger partial charge in [0.1, 0.15) is 0 Å². The molecule has 0 aromatic heterocycles. The summed E-state index contributed by atoms with van der Waals surface area (Å²) in [6.07, 6.45) is 14.5. The van der Waals surface area contributed by atoms with Crippen LogP contribution in [0, 0.1) is 11.8 Å². The first-order chi connectivity index (χ1) is 9.08. The van der Waals surface area contributed by atoms with Gasteiger partial charge in [0.15, 0.2) is 0 Å². The molecule has 0 nitrogen and oxygen atoms in total. The Hall–Kier alpha value is 0.350. The van der Waals surface area contributed by atoms with Crippen molar-refractivity contribution in [1.29, 1.82) is 0 Å². The lowest BCUT2D eigenvalue weighted by Gasteiger charge is -2.52. The van der Waals surface area contributed by atoms with Gasteiger partial charge in [-0.25, -0.2) is 0 Å². The van der Waals surface area contributed by atoms with Gasteiger partial charge in [0.2, 0.25) is 0 Å². The Labute approximate surface area is 125 Å². The molecular formula is C18H34S. The van der Waals surface area contributed by atoms with Crippen LogP contribution in [0.3, 0.4) is 0 Å². The molecule has 112 valence electrons. The summed E-state index contributed by atoms with van der Waals surface area (Å²) in [4.78, 5) is 0. The fourth-order valence-corrected chi connectivity index (χ4v) is 6.90. The quantitative estimate of drug-likeness (QED) is 0.572. The van der Waals surface area contributed by atoms with E-state index in [1.807, 2.05) is 0 Å². The molecule has 0 amide bonds. The van der Waals surface area contributed by atoms with Gasteiger partial charge >= 0.3 is 0 Å². The molecule has 2 aliphatic carbocycles. The van der Waals surface area contributed by atoms with E-state index < -0.39 is 0 Å². The number of hydrogen-bond donors (Lipinski definition) is 0. The topological polar surface area (TPSA) is 0 Å². The first kappa shape index (κ1) is 15.7. The molecule has 0 heterocycles. The van der Waals surface area contributed by atoms with Gasteiger partial charge < -0.3 is 0 Å². The van der Waals surface area contributed by atoms with Gasteiger partial charge in [0.05, 0.1) is 0 Å². The molecule has 0 aromatic rings. The van der Waals surface area contributed by atoms with Crippen LogP contribution in [0.1, 0.15) is 91.9 Å². The highest BCUT2D eigenvalue weighted by molar-refractivity contribution is 8.02. The largest absolute Gasteiger partial charge is 0.148 e. The highest BCUT2D eigenvalue weighted by Gasteiger charge is 2.47. The summed E-state index contributed by atoms with van der Waals surface area (Å²) in [5.41, 5.74) is 0. The minimum atomic E-state index is 0.597. The van der Waals surface area contributed by atoms with Crippen molar-refractivity contribution in [3.05, 3.63) is 0 Å². The van der Waals surface area contributed by atoms with E-state index in [9.17, 15) is 0 Å². The molecule has 2 aliphatic rings. The number of hydrogen-bond acceptors (Lipinski definition) is 1. The lowest BCUT2D eigenvalue weighted by atomic mass is 9.77. The highest BCUT2D eigenvalue weighted by Crippen LogP contribution is 2.57. The van der Waals surface area contributed by atoms with E-state index in [2.05, 4.69) is 39.5 Å². The maximum atomic E-state index is 2.53. The van der Waals surface area contributed by atoms with Gasteiger partial charge in [0, 0.05) is 9.49 Å². The van der Waals surface area contributed by atoms with Gasteiger partial charge in [-0.05, 0) is 50.4 Å². The minimum absolute atomic E-state index is 0.597. The number of thioether (sulfide) groups is 1. The molecule has 2 rings (SSSR count). The van der Waals surface area contributed by atoms with Crippen molar-refractivity contribution in [3.8, 4) is 0 Å². The van der Waals surface area contributed by atoms with Gasteiger partial charge in [0.25, 0.3) is 0 Å². The molecular weight excluding hydrogens is 248 g/mol. The summed E-state index contributed by atoms with van der Waals surface area (Å²) in [6.45, 7) is 9.97. The second-order valence-corrected chi connectivity index (χ2v) is 9.06. The zero-order valence-corrected chi connectivity index (χ0v) is 14.5. The van der Waals surface area contributed by atoms with Gasteiger partial charge in [-0.15, -0.1) is 11.8 Å². The highest BCUT2D eigenvalue weighted by atomic mass is 32.2. The van der Waals surface area contributed by atoms with E-state index >= 15 is 0 Å². The van der Waals surface area contributed by atoms with Crippen LogP contribution in [0.4, 0.5) is 0 Å². The minimum Gasteiger partial charge on any atom is -0.148 e. The summed E-state index contributed by atoms with van der Waals surface area (Å²) in [5.74, 6) is 1.85. The predicted octanol–water partition coefficient (Wildman–Crippen LogP) is 6.44. The lowest BCUT2D eigenvalue weighted by molar-refractivity contribution is 0.256. The first-order valence-corrected chi connectivity index (χ1v) is 9.60. The Morgan fingerprint density at radius 3 is 1.53 bits per heavy atom. The van der Waals surface area contributed by atoms with Crippen LogP contribution in [0.25, 0.3) is 0 Å². The van der Waals surface area contributed by atoms with Crippen LogP contribution in [-0.4, -0.2) is 9.49 Å². The Balaban J connectivity index is 2.19. The monoisotopic (exact) mass is 282 g/mol. The van der Waals surface area contributed by atoms with Crippen LogP contribution in [0.2, 0.25) is 0 Å². The van der Waals surface area contributed by atoms with Crippen LogP contribution in [0.15, 0.2) is 0 Å². The third-order valence-corrected chi connectivity index (χ3v) is 8.98. The third-order valence-electron chi connectivity index (χ3n) is 6.37. The van der Waals surface area contributed by atoms with Gasteiger partial charge in [-0.1, -0.05) is 53.4 Å². The van der Waals surface area contributed by atoms with Crippen molar-refractivity contribution in [2.24, 2.45) is 11.8 Å². The van der Waals surface area contributed by atoms with Crippen molar-refractivity contribution in [1.82, 2.24) is 0 Å². The van der Waals surface area contributed by atoms with Crippen LogP contribution < -0.4 is 0 Å². The van der Waals surface area contributed by atoms with E-state index in [1.165, 1.54) is 64.2 Å². The van der Waals surface area contributed by atoms with Gasteiger partial charge in [-0.3, -0.25) is 0 Å². The predicted molar refractivity (Wildman–Crippen MR) is 88.9 cm³/mol. The fraction of sp³-hybridized carbons (Fsp3) is 1.00. The first-order valence-electron chi connectivity index (χ1n) is 8.79. The molecule has 2 fully saturated rings. The number of rotatable bonds is 4. The molecule has 0 aliphatic heterocycles. The lowest BCUT2D eigenvalue weighted by Crippen LogP contribution is -2.45. The maximum Gasteiger partial charge on any atom is 0.0188 e. The van der Waals surface area contributed by atoms with Crippen LogP contribution in [-0.2, 0) is 0 Å². The van der Waals surface area contributed by atoms with E-state index in [0.717, 1.165) is 11.8 Å². The molecule has 0 saturated heterocycles. The van der Waals surface area contributed by atoms with Crippen molar-refractivity contribution in [3.63, 3.8) is 0 Å². The zero-order chi connectivity index (χ0) is 13.9. The van der Waals surface area contributed by atoms with E-state index in [0.29, 0.717) is 9.49 Å². The second-order valence-electron chi connectivity index (χ2n) is 7.23. The van der Waals surface area contributed by atoms with Crippen LogP contribution >= 0.6 is 11.8 Å². The summed E-state index contributed by atoms with van der Waals surface area (Å²) >= 11 is 2.45. The smallest absolute Gasteiger partial charge is 0.0188 e. The SMILES string of the molecule is CCC1(SC2(CC)CCCCC2C)CCCCC1C. The molecule has 0 N–H and O–H groups in total. The van der Waals surface area contributed by atoms with Gasteiger partial charge in [-0.2, -0.15) is 0 Å². The van der Waals surface area contributed by atoms with Crippen molar-refractivity contribution < 1.29 is 0 Å². The Morgan fingerprint density at radius 2 is 1.21 bits per heavy atom. The van der Waals surface area contributed by atoms with Crippen molar-refractivity contribution >= 4 is 11.8 Å². The molecule has 4 atom stereocenters. The van der Waals surface area contributed by atoms with Crippen LogP contribution in [0.5, 0.6) is 0 Å². The summed E-state index contributed by atoms with van der Waals surface area (Å²) in [7, 11) is 0. The fourth-order valence-electron chi connectivity index (χ4n) is 4.67. The molecule has 0 radical (unpaired) electrons. The van der Waals surface area contributed by atoms with Crippen molar-refractivity contribution in [2.75, 3.05) is 0 Å². The Morgan fingerprint density at radius 1 is 0.789 bits per heavy atom. The van der Waals surface area contributed by atoms with E-state index in [-0.39, 0.29) is 0 Å². The standard InChI is InChI=1S/C18H34S/c1-5-17(13-9-7-11-15(17)3)19-18(6-2)14-10-8-12-16(18)4/h15-16H,5-14H2,1-4H3. The second kappa shape index (κ2) is 6.41. The van der Waals surface area contributed by atoms with Crippen molar-refractivity contribution in [2.45, 2.75) is 101 Å². The normalized spacial score (nSPS) is 44.2. The molecule has 0 aromatic carbocycles. The molecule has 0 bridgehead atoms. The Kier molecular flexibility index (Phi) is 5.31. The molecule has 2 saturated carbocycles. The molecule has 4 unspecified atom stereocenters. The molecule has 19 heavy (non-hydrogen) atoms. The Bertz CT molecular complexity index is 259. The third kappa shape index (κ3) is 3.01.